The van der Waals surface area contributed by atoms with Crippen molar-refractivity contribution in [2.75, 3.05) is 17.6 Å². The number of rotatable bonds is 3. The van der Waals surface area contributed by atoms with Crippen LogP contribution in [-0.2, 0) is 0 Å². The largest absolute Gasteiger partial charge is 0.399 e. The number of hydrogen-bond acceptors (Lipinski definition) is 2. The molecule has 0 atom stereocenters. The lowest BCUT2D eigenvalue weighted by molar-refractivity contribution is 0.252. The molecule has 0 heterocycles. The van der Waals surface area contributed by atoms with E-state index in [9.17, 15) is 4.79 Å². The molecule has 82 valence electrons. The predicted molar refractivity (Wildman–Crippen MR) is 65.9 cm³/mol. The van der Waals surface area contributed by atoms with Gasteiger partial charge in [0.15, 0.2) is 0 Å². The highest BCUT2D eigenvalue weighted by molar-refractivity contribution is 9.10. The molecule has 0 unspecified atom stereocenters. The second-order valence-electron chi connectivity index (χ2n) is 3.12. The Morgan fingerprint density at radius 2 is 2.27 bits per heavy atom. The zero-order valence-electron chi connectivity index (χ0n) is 8.51. The van der Waals surface area contributed by atoms with Crippen molar-refractivity contribution in [3.05, 3.63) is 22.7 Å². The van der Waals surface area contributed by atoms with E-state index < -0.39 is 0 Å². The highest BCUT2D eigenvalue weighted by atomic mass is 79.9. The minimum absolute atomic E-state index is 0.206. The number of benzene rings is 1. The van der Waals surface area contributed by atoms with E-state index in [4.69, 9.17) is 5.73 Å². The number of anilines is 2. The third-order valence-corrected chi connectivity index (χ3v) is 2.43. The topological polar surface area (TPSA) is 67.2 Å². The van der Waals surface area contributed by atoms with Crippen molar-refractivity contribution >= 4 is 33.3 Å². The molecule has 1 aromatic rings. The zero-order valence-corrected chi connectivity index (χ0v) is 10.1. The molecule has 2 amide bonds. The number of nitrogens with one attached hydrogen (secondary N) is 2. The average molecular weight is 272 g/mol. The molecular weight excluding hydrogens is 258 g/mol. The third-order valence-electron chi connectivity index (χ3n) is 1.78. The second kappa shape index (κ2) is 5.60. The van der Waals surface area contributed by atoms with Gasteiger partial charge in [-0.2, -0.15) is 0 Å². The molecule has 0 spiro atoms. The van der Waals surface area contributed by atoms with E-state index in [1.807, 2.05) is 6.92 Å². The van der Waals surface area contributed by atoms with Gasteiger partial charge in [0.25, 0.3) is 0 Å². The molecule has 0 fully saturated rings. The minimum atomic E-state index is -0.206. The number of nitrogen functional groups attached to an aromatic ring is 1. The fraction of sp³-hybridized carbons (Fsp3) is 0.300. The normalized spacial score (nSPS) is 9.73. The molecule has 4 N–H and O–H groups in total. The van der Waals surface area contributed by atoms with E-state index in [-0.39, 0.29) is 6.03 Å². The number of nitrogens with two attached hydrogens (primary N) is 1. The third kappa shape index (κ3) is 3.79. The van der Waals surface area contributed by atoms with Crippen LogP contribution in [0.4, 0.5) is 16.2 Å². The summed E-state index contributed by atoms with van der Waals surface area (Å²) in [5, 5.41) is 5.44. The molecule has 5 heteroatoms. The maximum Gasteiger partial charge on any atom is 0.319 e. The van der Waals surface area contributed by atoms with E-state index in [2.05, 4.69) is 26.6 Å². The minimum Gasteiger partial charge on any atom is -0.399 e. The van der Waals surface area contributed by atoms with Crippen molar-refractivity contribution in [3.8, 4) is 0 Å². The van der Waals surface area contributed by atoms with Crippen LogP contribution in [0.3, 0.4) is 0 Å². The first kappa shape index (κ1) is 11.8. The molecule has 0 aliphatic rings. The summed E-state index contributed by atoms with van der Waals surface area (Å²) in [7, 11) is 0. The zero-order chi connectivity index (χ0) is 11.3. The van der Waals surface area contributed by atoms with E-state index in [0.717, 1.165) is 10.9 Å². The highest BCUT2D eigenvalue weighted by Crippen LogP contribution is 2.24. The van der Waals surface area contributed by atoms with Gasteiger partial charge in [-0.3, -0.25) is 0 Å². The van der Waals surface area contributed by atoms with Crippen molar-refractivity contribution in [1.29, 1.82) is 0 Å². The predicted octanol–water partition coefficient (Wildman–Crippen LogP) is 2.56. The summed E-state index contributed by atoms with van der Waals surface area (Å²) >= 11 is 3.32. The lowest BCUT2D eigenvalue weighted by atomic mass is 10.3. The van der Waals surface area contributed by atoms with Gasteiger partial charge in [-0.1, -0.05) is 6.92 Å². The Morgan fingerprint density at radius 1 is 1.53 bits per heavy atom. The number of hydrogen-bond donors (Lipinski definition) is 3. The van der Waals surface area contributed by atoms with Crippen LogP contribution in [0.1, 0.15) is 13.3 Å². The Morgan fingerprint density at radius 3 is 2.87 bits per heavy atom. The SMILES string of the molecule is CCCNC(=O)Nc1ccc(N)cc1Br. The smallest absolute Gasteiger partial charge is 0.319 e. The number of amides is 2. The van der Waals surface area contributed by atoms with Gasteiger partial charge in [-0.25, -0.2) is 4.79 Å². The van der Waals surface area contributed by atoms with Crippen LogP contribution in [0.5, 0.6) is 0 Å². The standard InChI is InChI=1S/C10H14BrN3O/c1-2-5-13-10(15)14-9-4-3-7(12)6-8(9)11/h3-4,6H,2,5,12H2,1H3,(H2,13,14,15). The Kier molecular flexibility index (Phi) is 4.42. The summed E-state index contributed by atoms with van der Waals surface area (Å²) in [6.45, 7) is 2.66. The summed E-state index contributed by atoms with van der Waals surface area (Å²) in [5.74, 6) is 0. The van der Waals surface area contributed by atoms with Gasteiger partial charge in [0.2, 0.25) is 0 Å². The molecule has 1 rings (SSSR count). The Hall–Kier alpha value is -1.23. The maximum atomic E-state index is 11.3. The molecule has 0 aliphatic carbocycles. The van der Waals surface area contributed by atoms with Crippen molar-refractivity contribution in [2.24, 2.45) is 0 Å². The van der Waals surface area contributed by atoms with Crippen molar-refractivity contribution < 1.29 is 4.79 Å². The number of halogens is 1. The van der Waals surface area contributed by atoms with Crippen molar-refractivity contribution in [3.63, 3.8) is 0 Å². The molecule has 0 radical (unpaired) electrons. The lowest BCUT2D eigenvalue weighted by Gasteiger charge is -2.08. The van der Waals surface area contributed by atoms with Crippen molar-refractivity contribution in [1.82, 2.24) is 5.32 Å². The molecule has 0 aliphatic heterocycles. The van der Waals surface area contributed by atoms with Crippen LogP contribution in [0.25, 0.3) is 0 Å². The lowest BCUT2D eigenvalue weighted by Crippen LogP contribution is -2.29. The summed E-state index contributed by atoms with van der Waals surface area (Å²) in [4.78, 5) is 11.3. The first-order valence-corrected chi connectivity index (χ1v) is 5.52. The van der Waals surface area contributed by atoms with Crippen LogP contribution in [0.2, 0.25) is 0 Å². The van der Waals surface area contributed by atoms with Crippen LogP contribution in [0, 0.1) is 0 Å². The summed E-state index contributed by atoms with van der Waals surface area (Å²) in [6, 6.07) is 5.03. The van der Waals surface area contributed by atoms with Crippen LogP contribution < -0.4 is 16.4 Å². The van der Waals surface area contributed by atoms with Gasteiger partial charge < -0.3 is 16.4 Å². The number of urea groups is 1. The van der Waals surface area contributed by atoms with Gasteiger partial charge in [0, 0.05) is 16.7 Å². The van der Waals surface area contributed by atoms with Crippen LogP contribution >= 0.6 is 15.9 Å². The molecule has 4 nitrogen and oxygen atoms in total. The molecule has 0 saturated heterocycles. The van der Waals surface area contributed by atoms with Gasteiger partial charge in [0.1, 0.15) is 0 Å². The second-order valence-corrected chi connectivity index (χ2v) is 3.97. The fourth-order valence-corrected chi connectivity index (χ4v) is 1.53. The van der Waals surface area contributed by atoms with Gasteiger partial charge >= 0.3 is 6.03 Å². The molecule has 0 bridgehead atoms. The van der Waals surface area contributed by atoms with Gasteiger partial charge in [-0.15, -0.1) is 0 Å². The Balaban J connectivity index is 2.60. The maximum absolute atomic E-state index is 11.3. The monoisotopic (exact) mass is 271 g/mol. The van der Waals surface area contributed by atoms with E-state index in [1.165, 1.54) is 0 Å². The Bertz CT molecular complexity index is 355. The first-order chi connectivity index (χ1) is 7.13. The van der Waals surface area contributed by atoms with Crippen molar-refractivity contribution in [2.45, 2.75) is 13.3 Å². The summed E-state index contributed by atoms with van der Waals surface area (Å²) in [6.07, 6.45) is 0.913. The average Bonchev–Trinajstić information content (AvgIpc) is 2.19. The van der Waals surface area contributed by atoms with E-state index >= 15 is 0 Å². The number of carbonyl (C=O) groups excluding carboxylic acids is 1. The first-order valence-electron chi connectivity index (χ1n) is 4.73. The fourth-order valence-electron chi connectivity index (χ4n) is 1.04. The van der Waals surface area contributed by atoms with Gasteiger partial charge in [-0.05, 0) is 40.5 Å². The van der Waals surface area contributed by atoms with Crippen LogP contribution in [0.15, 0.2) is 22.7 Å². The summed E-state index contributed by atoms with van der Waals surface area (Å²) < 4.78 is 0.772. The van der Waals surface area contributed by atoms with Crippen LogP contribution in [-0.4, -0.2) is 12.6 Å². The molecule has 0 aromatic heterocycles. The highest BCUT2D eigenvalue weighted by Gasteiger charge is 2.04. The Labute approximate surface area is 97.4 Å². The summed E-state index contributed by atoms with van der Waals surface area (Å²) in [5.41, 5.74) is 6.94. The quantitative estimate of drug-likeness (QED) is 0.740. The van der Waals surface area contributed by atoms with E-state index in [1.54, 1.807) is 18.2 Å². The molecule has 1 aromatic carbocycles. The molecule has 15 heavy (non-hydrogen) atoms. The molecule has 0 saturated carbocycles. The molecular formula is C10H14BrN3O. The van der Waals surface area contributed by atoms with E-state index in [0.29, 0.717) is 17.9 Å². The van der Waals surface area contributed by atoms with Gasteiger partial charge in [0.05, 0.1) is 5.69 Å². The number of carbonyl (C=O) groups is 1.